The van der Waals surface area contributed by atoms with Crippen molar-refractivity contribution in [3.05, 3.63) is 18.2 Å². The summed E-state index contributed by atoms with van der Waals surface area (Å²) in [6.45, 7) is 2.76. The first-order valence-corrected chi connectivity index (χ1v) is 9.14. The molecule has 21 heavy (non-hydrogen) atoms. The van der Waals surface area contributed by atoms with Gasteiger partial charge in [-0.15, -0.1) is 11.3 Å². The number of methoxy groups -OCH3 is 1. The maximum Gasteiger partial charge on any atom is 0.150 e. The largest absolute Gasteiger partial charge is 0.379 e. The van der Waals surface area contributed by atoms with Gasteiger partial charge in [-0.2, -0.15) is 0 Å². The first-order valence-electron chi connectivity index (χ1n) is 7.10. The van der Waals surface area contributed by atoms with Crippen LogP contribution in [-0.2, 0) is 9.47 Å². The van der Waals surface area contributed by atoms with Gasteiger partial charge in [-0.1, -0.05) is 11.8 Å². The molecule has 1 fully saturated rings. The zero-order chi connectivity index (χ0) is 14.8. The van der Waals surface area contributed by atoms with Crippen molar-refractivity contribution < 1.29 is 9.47 Å². The standard InChI is InChI=1S/C15H20N2O2S2/c1-4-19-12-8-11(14(12)18-2)16-9-5-6-10-13(7-9)21-15(17-10)20-3/h5-7,11-12,14,16H,4,8H2,1-3H3. The molecule has 1 aliphatic carbocycles. The highest BCUT2D eigenvalue weighted by Crippen LogP contribution is 2.33. The second-order valence-corrected chi connectivity index (χ2v) is 7.13. The Morgan fingerprint density at radius 1 is 1.48 bits per heavy atom. The molecule has 6 heteroatoms. The molecule has 4 nitrogen and oxygen atoms in total. The molecule has 3 unspecified atom stereocenters. The summed E-state index contributed by atoms with van der Waals surface area (Å²) in [4.78, 5) is 4.56. The van der Waals surface area contributed by atoms with Gasteiger partial charge in [-0.05, 0) is 37.8 Å². The van der Waals surface area contributed by atoms with Crippen molar-refractivity contribution in [3.8, 4) is 0 Å². The van der Waals surface area contributed by atoms with Crippen molar-refractivity contribution in [2.24, 2.45) is 0 Å². The number of anilines is 1. The van der Waals surface area contributed by atoms with Crippen molar-refractivity contribution in [2.75, 3.05) is 25.3 Å². The molecule has 114 valence electrons. The summed E-state index contributed by atoms with van der Waals surface area (Å²) < 4.78 is 13.5. The first kappa shape index (κ1) is 15.1. The smallest absolute Gasteiger partial charge is 0.150 e. The Morgan fingerprint density at radius 3 is 3.05 bits per heavy atom. The Hall–Kier alpha value is -0.820. The minimum atomic E-state index is 0.129. The minimum Gasteiger partial charge on any atom is -0.379 e. The molecule has 1 saturated carbocycles. The van der Waals surface area contributed by atoms with Crippen LogP contribution in [0.2, 0.25) is 0 Å². The van der Waals surface area contributed by atoms with E-state index >= 15 is 0 Å². The van der Waals surface area contributed by atoms with Crippen LogP contribution in [0.3, 0.4) is 0 Å². The lowest BCUT2D eigenvalue weighted by Crippen LogP contribution is -2.56. The number of hydrogen-bond acceptors (Lipinski definition) is 6. The molecule has 1 aromatic carbocycles. The maximum absolute atomic E-state index is 5.66. The van der Waals surface area contributed by atoms with Crippen LogP contribution in [-0.4, -0.2) is 43.2 Å². The van der Waals surface area contributed by atoms with Gasteiger partial charge < -0.3 is 14.8 Å². The zero-order valence-electron chi connectivity index (χ0n) is 12.5. The van der Waals surface area contributed by atoms with E-state index in [4.69, 9.17) is 9.47 Å². The van der Waals surface area contributed by atoms with Gasteiger partial charge in [0, 0.05) is 19.4 Å². The van der Waals surface area contributed by atoms with Crippen LogP contribution in [0.25, 0.3) is 10.2 Å². The van der Waals surface area contributed by atoms with Crippen LogP contribution in [0.4, 0.5) is 5.69 Å². The number of ether oxygens (including phenoxy) is 2. The second-order valence-electron chi connectivity index (χ2n) is 5.05. The van der Waals surface area contributed by atoms with E-state index in [1.54, 1.807) is 30.2 Å². The molecule has 1 N–H and O–H groups in total. The second kappa shape index (κ2) is 6.52. The zero-order valence-corrected chi connectivity index (χ0v) is 14.1. The number of benzene rings is 1. The summed E-state index contributed by atoms with van der Waals surface area (Å²) in [6.07, 6.45) is 3.39. The van der Waals surface area contributed by atoms with E-state index in [-0.39, 0.29) is 12.2 Å². The Bertz CT molecular complexity index is 617. The van der Waals surface area contributed by atoms with E-state index in [2.05, 4.69) is 34.8 Å². The van der Waals surface area contributed by atoms with Gasteiger partial charge in [0.2, 0.25) is 0 Å². The molecule has 0 radical (unpaired) electrons. The third kappa shape index (κ3) is 3.04. The number of hydrogen-bond donors (Lipinski definition) is 1. The van der Waals surface area contributed by atoms with Gasteiger partial charge in [0.05, 0.1) is 22.4 Å². The van der Waals surface area contributed by atoms with Gasteiger partial charge in [0.1, 0.15) is 6.10 Å². The molecule has 0 saturated heterocycles. The quantitative estimate of drug-likeness (QED) is 0.822. The summed E-state index contributed by atoms with van der Waals surface area (Å²) in [5.41, 5.74) is 2.19. The topological polar surface area (TPSA) is 43.4 Å². The van der Waals surface area contributed by atoms with Gasteiger partial charge in [-0.3, -0.25) is 0 Å². The SMILES string of the molecule is CCOC1CC(Nc2ccc3nc(SC)sc3c2)C1OC. The van der Waals surface area contributed by atoms with Crippen LogP contribution in [0, 0.1) is 0 Å². The Kier molecular flexibility index (Phi) is 4.69. The molecule has 3 rings (SSSR count). The van der Waals surface area contributed by atoms with Crippen molar-refractivity contribution in [3.63, 3.8) is 0 Å². The van der Waals surface area contributed by atoms with Crippen molar-refractivity contribution in [2.45, 2.75) is 35.9 Å². The number of fused-ring (bicyclic) bond motifs is 1. The number of rotatable bonds is 6. The molecular formula is C15H20N2O2S2. The molecule has 0 amide bonds. The Labute approximate surface area is 133 Å². The maximum atomic E-state index is 5.66. The number of nitrogens with zero attached hydrogens (tertiary/aromatic N) is 1. The fourth-order valence-corrected chi connectivity index (χ4v) is 4.24. The summed E-state index contributed by atoms with van der Waals surface area (Å²) in [6, 6.07) is 6.66. The molecule has 2 aromatic rings. The van der Waals surface area contributed by atoms with Crippen LogP contribution in [0.15, 0.2) is 22.5 Å². The summed E-state index contributed by atoms with van der Waals surface area (Å²) in [5, 5.41) is 3.55. The van der Waals surface area contributed by atoms with Crippen molar-refractivity contribution >= 4 is 39.0 Å². The van der Waals surface area contributed by atoms with Crippen molar-refractivity contribution in [1.82, 2.24) is 4.98 Å². The highest BCUT2D eigenvalue weighted by molar-refractivity contribution is 8.00. The molecule has 1 heterocycles. The van der Waals surface area contributed by atoms with Crippen LogP contribution in [0.5, 0.6) is 0 Å². The van der Waals surface area contributed by atoms with E-state index in [1.807, 2.05) is 6.92 Å². The van der Waals surface area contributed by atoms with E-state index < -0.39 is 0 Å². The lowest BCUT2D eigenvalue weighted by atomic mass is 9.85. The minimum absolute atomic E-state index is 0.129. The molecule has 0 spiro atoms. The highest BCUT2D eigenvalue weighted by atomic mass is 32.2. The first-order chi connectivity index (χ1) is 10.2. The molecule has 1 aliphatic rings. The highest BCUT2D eigenvalue weighted by Gasteiger charge is 2.42. The predicted octanol–water partition coefficient (Wildman–Crippen LogP) is 3.62. The van der Waals surface area contributed by atoms with Gasteiger partial charge in [-0.25, -0.2) is 4.98 Å². The summed E-state index contributed by atoms with van der Waals surface area (Å²) in [5.74, 6) is 0. The van der Waals surface area contributed by atoms with E-state index in [9.17, 15) is 0 Å². The Balaban J connectivity index is 1.70. The molecule has 0 aliphatic heterocycles. The van der Waals surface area contributed by atoms with Crippen LogP contribution < -0.4 is 5.32 Å². The predicted molar refractivity (Wildman–Crippen MR) is 89.6 cm³/mol. The van der Waals surface area contributed by atoms with E-state index in [0.717, 1.165) is 28.6 Å². The lowest BCUT2D eigenvalue weighted by Gasteiger charge is -2.43. The third-order valence-corrected chi connectivity index (χ3v) is 5.80. The van der Waals surface area contributed by atoms with Crippen LogP contribution in [0.1, 0.15) is 13.3 Å². The fourth-order valence-electron chi connectivity index (χ4n) is 2.71. The average molecular weight is 324 g/mol. The van der Waals surface area contributed by atoms with Gasteiger partial charge in [0.25, 0.3) is 0 Å². The van der Waals surface area contributed by atoms with E-state index in [0.29, 0.717) is 6.04 Å². The monoisotopic (exact) mass is 324 g/mol. The number of aromatic nitrogens is 1. The normalized spacial score (nSPS) is 25.0. The molecular weight excluding hydrogens is 304 g/mol. The van der Waals surface area contributed by atoms with Gasteiger partial charge >= 0.3 is 0 Å². The third-order valence-electron chi connectivity index (χ3n) is 3.80. The fraction of sp³-hybridized carbons (Fsp3) is 0.533. The number of thioether (sulfide) groups is 1. The average Bonchev–Trinajstić information content (AvgIpc) is 2.88. The Morgan fingerprint density at radius 2 is 2.33 bits per heavy atom. The van der Waals surface area contributed by atoms with Crippen LogP contribution >= 0.6 is 23.1 Å². The van der Waals surface area contributed by atoms with Crippen molar-refractivity contribution in [1.29, 1.82) is 0 Å². The molecule has 0 bridgehead atoms. The van der Waals surface area contributed by atoms with E-state index in [1.165, 1.54) is 4.70 Å². The summed E-state index contributed by atoms with van der Waals surface area (Å²) >= 11 is 3.43. The number of nitrogens with one attached hydrogen (secondary N) is 1. The summed E-state index contributed by atoms with van der Waals surface area (Å²) in [7, 11) is 1.75. The van der Waals surface area contributed by atoms with Gasteiger partial charge in [0.15, 0.2) is 4.34 Å². The number of thiazole rings is 1. The molecule has 1 aromatic heterocycles. The molecule has 3 atom stereocenters. The lowest BCUT2D eigenvalue weighted by molar-refractivity contribution is -0.118.